The van der Waals surface area contributed by atoms with Gasteiger partial charge < -0.3 is 14.0 Å². The smallest absolute Gasteiger partial charge is 0.184 e. The van der Waals surface area contributed by atoms with Crippen LogP contribution in [0, 0.1) is 0 Å². The molecule has 0 N–H and O–H groups in total. The topological polar surface area (TPSA) is 36.3 Å². The van der Waals surface area contributed by atoms with E-state index >= 15 is 0 Å². The molecular weight excluding hydrogens is 192 g/mol. The fraction of sp³-hybridized carbons (Fsp3) is 0.182. The number of imidazole rings is 1. The molecule has 0 fully saturated rings. The van der Waals surface area contributed by atoms with E-state index in [1.165, 1.54) is 0 Å². The Hall–Kier alpha value is -1.97. The van der Waals surface area contributed by atoms with Crippen molar-refractivity contribution in [3.8, 4) is 17.2 Å². The van der Waals surface area contributed by atoms with Crippen LogP contribution in [0.3, 0.4) is 0 Å². The number of para-hydroxylation sites is 1. The zero-order chi connectivity index (χ0) is 10.7. The lowest BCUT2D eigenvalue weighted by Crippen LogP contribution is -1.97. The van der Waals surface area contributed by atoms with E-state index in [9.17, 15) is 0 Å². The highest BCUT2D eigenvalue weighted by atomic mass is 16.5. The quantitative estimate of drug-likeness (QED) is 0.766. The number of nitrogens with zero attached hydrogens (tertiary/aromatic N) is 2. The van der Waals surface area contributed by atoms with Gasteiger partial charge in [0.25, 0.3) is 0 Å². The summed E-state index contributed by atoms with van der Waals surface area (Å²) in [4.78, 5) is 4.00. The summed E-state index contributed by atoms with van der Waals surface area (Å²) >= 11 is 0. The largest absolute Gasteiger partial charge is 0.493 e. The lowest BCUT2D eigenvalue weighted by atomic mass is 10.2. The molecule has 0 aliphatic rings. The third-order valence-corrected chi connectivity index (χ3v) is 2.16. The molecule has 78 valence electrons. The first-order valence-corrected chi connectivity index (χ1v) is 4.56. The monoisotopic (exact) mass is 204 g/mol. The molecule has 0 atom stereocenters. The number of methoxy groups -OCH3 is 2. The van der Waals surface area contributed by atoms with Crippen molar-refractivity contribution in [3.63, 3.8) is 0 Å². The maximum atomic E-state index is 5.32. The Kier molecular flexibility index (Phi) is 2.58. The van der Waals surface area contributed by atoms with Gasteiger partial charge in [0, 0.05) is 12.4 Å². The Morgan fingerprint density at radius 2 is 2.07 bits per heavy atom. The van der Waals surface area contributed by atoms with Crippen LogP contribution in [0.2, 0.25) is 0 Å². The number of ether oxygens (including phenoxy) is 2. The van der Waals surface area contributed by atoms with Gasteiger partial charge in [-0.15, -0.1) is 0 Å². The van der Waals surface area contributed by atoms with Crippen molar-refractivity contribution >= 4 is 0 Å². The Morgan fingerprint density at radius 1 is 1.20 bits per heavy atom. The van der Waals surface area contributed by atoms with E-state index in [1.54, 1.807) is 26.7 Å². The van der Waals surface area contributed by atoms with Crippen LogP contribution in [0.1, 0.15) is 0 Å². The summed E-state index contributed by atoms with van der Waals surface area (Å²) in [6, 6.07) is 5.72. The van der Waals surface area contributed by atoms with Gasteiger partial charge >= 0.3 is 0 Å². The summed E-state index contributed by atoms with van der Waals surface area (Å²) in [7, 11) is 3.24. The SMILES string of the molecule is COc1cccc(-n2ccnc2)c1OC. The van der Waals surface area contributed by atoms with Crippen molar-refractivity contribution in [2.45, 2.75) is 0 Å². The molecule has 1 aromatic carbocycles. The number of hydrogen-bond donors (Lipinski definition) is 0. The molecule has 0 aliphatic carbocycles. The van der Waals surface area contributed by atoms with Crippen molar-refractivity contribution in [2.24, 2.45) is 0 Å². The molecule has 0 saturated carbocycles. The molecule has 15 heavy (non-hydrogen) atoms. The van der Waals surface area contributed by atoms with E-state index in [0.717, 1.165) is 5.69 Å². The molecular formula is C11H12N2O2. The third kappa shape index (κ3) is 1.66. The van der Waals surface area contributed by atoms with Crippen LogP contribution in [0.4, 0.5) is 0 Å². The molecule has 0 saturated heterocycles. The van der Waals surface area contributed by atoms with E-state index in [4.69, 9.17) is 9.47 Å². The molecule has 0 radical (unpaired) electrons. The zero-order valence-electron chi connectivity index (χ0n) is 8.68. The summed E-state index contributed by atoms with van der Waals surface area (Å²) in [5.41, 5.74) is 0.911. The third-order valence-electron chi connectivity index (χ3n) is 2.16. The van der Waals surface area contributed by atoms with Gasteiger partial charge in [0.15, 0.2) is 11.5 Å². The molecule has 0 aliphatic heterocycles. The Labute approximate surface area is 88.1 Å². The van der Waals surface area contributed by atoms with Gasteiger partial charge in [0.1, 0.15) is 0 Å². The maximum absolute atomic E-state index is 5.32. The molecule has 2 aromatic rings. The van der Waals surface area contributed by atoms with Gasteiger partial charge in [-0.2, -0.15) is 0 Å². The highest BCUT2D eigenvalue weighted by Crippen LogP contribution is 2.32. The minimum absolute atomic E-state index is 0.706. The zero-order valence-corrected chi connectivity index (χ0v) is 8.68. The second-order valence-corrected chi connectivity index (χ2v) is 2.98. The van der Waals surface area contributed by atoms with E-state index < -0.39 is 0 Å². The van der Waals surface area contributed by atoms with Crippen LogP contribution in [0.25, 0.3) is 5.69 Å². The first kappa shape index (κ1) is 9.58. The highest BCUT2D eigenvalue weighted by Gasteiger charge is 2.09. The Balaban J connectivity index is 2.56. The van der Waals surface area contributed by atoms with Crippen LogP contribution in [0.5, 0.6) is 11.5 Å². The molecule has 0 amide bonds. The minimum Gasteiger partial charge on any atom is -0.493 e. The molecule has 2 rings (SSSR count). The van der Waals surface area contributed by atoms with Crippen molar-refractivity contribution in [2.75, 3.05) is 14.2 Å². The lowest BCUT2D eigenvalue weighted by Gasteiger charge is -2.12. The van der Waals surface area contributed by atoms with Crippen molar-refractivity contribution in [1.82, 2.24) is 9.55 Å². The van der Waals surface area contributed by atoms with E-state index in [1.807, 2.05) is 29.0 Å². The van der Waals surface area contributed by atoms with Crippen molar-refractivity contribution < 1.29 is 9.47 Å². The van der Waals surface area contributed by atoms with E-state index in [0.29, 0.717) is 11.5 Å². The van der Waals surface area contributed by atoms with Crippen LogP contribution < -0.4 is 9.47 Å². The highest BCUT2D eigenvalue weighted by molar-refractivity contribution is 5.55. The number of hydrogen-bond acceptors (Lipinski definition) is 3. The first-order chi connectivity index (χ1) is 7.36. The standard InChI is InChI=1S/C11H12N2O2/c1-14-10-5-3-4-9(11(10)15-2)13-7-6-12-8-13/h3-8H,1-2H3. The van der Waals surface area contributed by atoms with Crippen LogP contribution in [-0.4, -0.2) is 23.8 Å². The van der Waals surface area contributed by atoms with Crippen molar-refractivity contribution in [1.29, 1.82) is 0 Å². The second kappa shape index (κ2) is 4.04. The van der Waals surface area contributed by atoms with Crippen molar-refractivity contribution in [3.05, 3.63) is 36.9 Å². The lowest BCUT2D eigenvalue weighted by molar-refractivity contribution is 0.354. The summed E-state index contributed by atoms with van der Waals surface area (Å²) in [5, 5.41) is 0. The molecule has 4 heteroatoms. The minimum atomic E-state index is 0.706. The predicted octanol–water partition coefficient (Wildman–Crippen LogP) is 1.89. The number of rotatable bonds is 3. The molecule has 0 spiro atoms. The summed E-state index contributed by atoms with van der Waals surface area (Å²) in [6.07, 6.45) is 5.30. The molecule has 1 aromatic heterocycles. The maximum Gasteiger partial charge on any atom is 0.184 e. The number of aromatic nitrogens is 2. The van der Waals surface area contributed by atoms with Crippen LogP contribution in [-0.2, 0) is 0 Å². The molecule has 0 unspecified atom stereocenters. The van der Waals surface area contributed by atoms with Gasteiger partial charge in [-0.05, 0) is 12.1 Å². The Bertz CT molecular complexity index is 438. The molecule has 4 nitrogen and oxygen atoms in total. The molecule has 0 bridgehead atoms. The van der Waals surface area contributed by atoms with E-state index in [2.05, 4.69) is 4.98 Å². The van der Waals surface area contributed by atoms with Gasteiger partial charge in [0.05, 0.1) is 26.2 Å². The van der Waals surface area contributed by atoms with Crippen LogP contribution >= 0.6 is 0 Å². The fourth-order valence-corrected chi connectivity index (χ4v) is 1.48. The first-order valence-electron chi connectivity index (χ1n) is 4.56. The normalized spacial score (nSPS) is 10.0. The van der Waals surface area contributed by atoms with E-state index in [-0.39, 0.29) is 0 Å². The second-order valence-electron chi connectivity index (χ2n) is 2.98. The predicted molar refractivity (Wildman–Crippen MR) is 56.7 cm³/mol. The average molecular weight is 204 g/mol. The number of benzene rings is 1. The van der Waals surface area contributed by atoms with Gasteiger partial charge in [0.2, 0.25) is 0 Å². The van der Waals surface area contributed by atoms with Crippen LogP contribution in [0.15, 0.2) is 36.9 Å². The van der Waals surface area contributed by atoms with Gasteiger partial charge in [-0.1, -0.05) is 6.07 Å². The molecule has 1 heterocycles. The van der Waals surface area contributed by atoms with Gasteiger partial charge in [-0.25, -0.2) is 4.98 Å². The summed E-state index contributed by atoms with van der Waals surface area (Å²) < 4.78 is 12.4. The summed E-state index contributed by atoms with van der Waals surface area (Å²) in [5.74, 6) is 1.42. The average Bonchev–Trinajstić information content (AvgIpc) is 2.81. The van der Waals surface area contributed by atoms with Gasteiger partial charge in [-0.3, -0.25) is 0 Å². The Morgan fingerprint density at radius 3 is 2.67 bits per heavy atom. The fourth-order valence-electron chi connectivity index (χ4n) is 1.48. The summed E-state index contributed by atoms with van der Waals surface area (Å²) in [6.45, 7) is 0.